The van der Waals surface area contributed by atoms with E-state index in [0.717, 1.165) is 19.4 Å². The second kappa shape index (κ2) is 6.57. The van der Waals surface area contributed by atoms with Crippen molar-refractivity contribution in [2.24, 2.45) is 0 Å². The molecule has 16 heavy (non-hydrogen) atoms. The van der Waals surface area contributed by atoms with Crippen LogP contribution in [0.2, 0.25) is 0 Å². The van der Waals surface area contributed by atoms with Crippen molar-refractivity contribution in [3.63, 3.8) is 0 Å². The summed E-state index contributed by atoms with van der Waals surface area (Å²) in [6, 6.07) is 0. The minimum atomic E-state index is -2.83. The molecule has 1 aliphatic rings. The predicted octanol–water partition coefficient (Wildman–Crippen LogP) is 1.40. The lowest BCUT2D eigenvalue weighted by molar-refractivity contribution is -0.0298. The van der Waals surface area contributed by atoms with Gasteiger partial charge in [0.2, 0.25) is 0 Å². The normalized spacial score (nSPS) is 25.8. The van der Waals surface area contributed by atoms with Crippen molar-refractivity contribution in [3.8, 4) is 0 Å². The Kier molecular flexibility index (Phi) is 5.72. The van der Waals surface area contributed by atoms with E-state index in [1.807, 2.05) is 6.92 Å². The van der Waals surface area contributed by atoms with Crippen LogP contribution in [0.3, 0.4) is 0 Å². The second-order valence-corrected chi connectivity index (χ2v) is 6.62. The van der Waals surface area contributed by atoms with Gasteiger partial charge in [-0.2, -0.15) is 0 Å². The zero-order chi connectivity index (χ0) is 12.0. The molecule has 1 saturated heterocycles. The van der Waals surface area contributed by atoms with Crippen molar-refractivity contribution in [3.05, 3.63) is 0 Å². The molecule has 0 aliphatic carbocycles. The van der Waals surface area contributed by atoms with Gasteiger partial charge in [-0.25, -0.2) is 8.42 Å². The van der Waals surface area contributed by atoms with Crippen molar-refractivity contribution in [2.45, 2.75) is 45.3 Å². The van der Waals surface area contributed by atoms with Crippen LogP contribution < -0.4 is 0 Å². The lowest BCUT2D eigenvalue weighted by atomic mass is 10.3. The van der Waals surface area contributed by atoms with Crippen LogP contribution >= 0.6 is 0 Å². The third-order valence-corrected chi connectivity index (χ3v) is 4.39. The Morgan fingerprint density at radius 3 is 2.75 bits per heavy atom. The molecular weight excluding hydrogens is 228 g/mol. The molecule has 1 rings (SSSR count). The van der Waals surface area contributed by atoms with E-state index >= 15 is 0 Å². The van der Waals surface area contributed by atoms with E-state index in [2.05, 4.69) is 6.92 Å². The van der Waals surface area contributed by atoms with Gasteiger partial charge in [0.15, 0.2) is 9.84 Å². The van der Waals surface area contributed by atoms with E-state index in [9.17, 15) is 8.42 Å². The Hall–Kier alpha value is -0.130. The van der Waals surface area contributed by atoms with Crippen molar-refractivity contribution < 1.29 is 17.9 Å². The summed E-state index contributed by atoms with van der Waals surface area (Å²) in [6.45, 7) is 5.32. The van der Waals surface area contributed by atoms with Gasteiger partial charge >= 0.3 is 0 Å². The maximum Gasteiger partial charge on any atom is 0.152 e. The van der Waals surface area contributed by atoms with Crippen LogP contribution in [0, 0.1) is 0 Å². The summed E-state index contributed by atoms with van der Waals surface area (Å²) in [4.78, 5) is 0. The van der Waals surface area contributed by atoms with E-state index in [-0.39, 0.29) is 23.7 Å². The lowest BCUT2D eigenvalue weighted by Gasteiger charge is -2.16. The quantitative estimate of drug-likeness (QED) is 0.641. The Bertz CT molecular complexity index is 286. The monoisotopic (exact) mass is 250 g/mol. The summed E-state index contributed by atoms with van der Waals surface area (Å²) in [5.74, 6) is 0.442. The van der Waals surface area contributed by atoms with Gasteiger partial charge in [-0.05, 0) is 19.8 Å². The average Bonchev–Trinajstić information content (AvgIpc) is 2.56. The average molecular weight is 250 g/mol. The van der Waals surface area contributed by atoms with Crippen molar-refractivity contribution in [1.82, 2.24) is 0 Å². The number of rotatable bonds is 7. The van der Waals surface area contributed by atoms with E-state index in [4.69, 9.17) is 9.47 Å². The molecular formula is C11H22O4S. The maximum absolute atomic E-state index is 11.2. The van der Waals surface area contributed by atoms with Crippen molar-refractivity contribution in [2.75, 3.05) is 24.7 Å². The summed E-state index contributed by atoms with van der Waals surface area (Å²) >= 11 is 0. The number of hydrogen-bond acceptors (Lipinski definition) is 4. The fraction of sp³-hybridized carbons (Fsp3) is 1.00. The van der Waals surface area contributed by atoms with Crippen LogP contribution in [-0.4, -0.2) is 45.3 Å². The van der Waals surface area contributed by atoms with Crippen LogP contribution in [0.25, 0.3) is 0 Å². The first-order valence-corrected chi connectivity index (χ1v) is 7.79. The molecule has 0 aromatic heterocycles. The molecule has 96 valence electrons. The van der Waals surface area contributed by atoms with Gasteiger partial charge in [0.25, 0.3) is 0 Å². The Labute approximate surface area is 98.2 Å². The lowest BCUT2D eigenvalue weighted by Crippen LogP contribution is -2.23. The fourth-order valence-corrected chi connectivity index (χ4v) is 3.26. The van der Waals surface area contributed by atoms with Gasteiger partial charge in [-0.3, -0.25) is 0 Å². The highest BCUT2D eigenvalue weighted by Gasteiger charge is 2.28. The molecule has 0 spiro atoms. The molecule has 2 unspecified atom stereocenters. The largest absolute Gasteiger partial charge is 0.376 e. The number of sulfone groups is 1. The molecule has 0 saturated carbocycles. The fourth-order valence-electron chi connectivity index (χ4n) is 1.64. The molecule has 0 N–H and O–H groups in total. The number of ether oxygens (including phenoxy) is 2. The Morgan fingerprint density at radius 2 is 2.19 bits per heavy atom. The van der Waals surface area contributed by atoms with Crippen LogP contribution in [-0.2, 0) is 19.3 Å². The summed E-state index contributed by atoms with van der Waals surface area (Å²) in [7, 11) is -2.83. The van der Waals surface area contributed by atoms with Gasteiger partial charge < -0.3 is 9.47 Å². The smallest absolute Gasteiger partial charge is 0.152 e. The second-order valence-electron chi connectivity index (χ2n) is 4.39. The summed E-state index contributed by atoms with van der Waals surface area (Å²) in [5.41, 5.74) is 0. The Morgan fingerprint density at radius 1 is 1.44 bits per heavy atom. The first-order valence-electron chi connectivity index (χ1n) is 5.97. The summed E-state index contributed by atoms with van der Waals surface area (Å²) in [5, 5.41) is 0. The standard InChI is InChI=1S/C11H22O4S/c1-3-4-6-14-10(2)8-15-11-5-7-16(12,13)9-11/h10-11H,3-9H2,1-2H3. The van der Waals surface area contributed by atoms with E-state index in [1.54, 1.807) is 0 Å². The molecule has 1 fully saturated rings. The van der Waals surface area contributed by atoms with E-state index in [1.165, 1.54) is 0 Å². The number of unbranched alkanes of at least 4 members (excludes halogenated alkanes) is 1. The zero-order valence-corrected chi connectivity index (χ0v) is 11.0. The highest BCUT2D eigenvalue weighted by Crippen LogP contribution is 2.15. The van der Waals surface area contributed by atoms with E-state index in [0.29, 0.717) is 13.0 Å². The SMILES string of the molecule is CCCCOC(C)COC1CCS(=O)(=O)C1. The Balaban J connectivity index is 2.10. The first kappa shape index (κ1) is 13.9. The predicted molar refractivity (Wildman–Crippen MR) is 63.3 cm³/mol. The third-order valence-electron chi connectivity index (χ3n) is 2.66. The third kappa shape index (κ3) is 5.27. The summed E-state index contributed by atoms with van der Waals surface area (Å²) < 4.78 is 33.4. The molecule has 5 heteroatoms. The maximum atomic E-state index is 11.2. The van der Waals surface area contributed by atoms with Crippen LogP contribution in [0.5, 0.6) is 0 Å². The molecule has 1 aliphatic heterocycles. The summed E-state index contributed by atoms with van der Waals surface area (Å²) in [6.07, 6.45) is 2.73. The zero-order valence-electron chi connectivity index (χ0n) is 10.1. The first-order chi connectivity index (χ1) is 7.53. The van der Waals surface area contributed by atoms with Gasteiger partial charge in [0, 0.05) is 6.61 Å². The molecule has 0 aromatic rings. The molecule has 1 heterocycles. The highest BCUT2D eigenvalue weighted by molar-refractivity contribution is 7.91. The molecule has 2 atom stereocenters. The van der Waals surface area contributed by atoms with Gasteiger partial charge in [-0.1, -0.05) is 13.3 Å². The van der Waals surface area contributed by atoms with Crippen LogP contribution in [0.15, 0.2) is 0 Å². The molecule has 0 amide bonds. The van der Waals surface area contributed by atoms with Gasteiger partial charge in [0.05, 0.1) is 30.3 Å². The van der Waals surface area contributed by atoms with Crippen molar-refractivity contribution >= 4 is 9.84 Å². The highest BCUT2D eigenvalue weighted by atomic mass is 32.2. The minimum Gasteiger partial charge on any atom is -0.376 e. The van der Waals surface area contributed by atoms with Crippen molar-refractivity contribution in [1.29, 1.82) is 0 Å². The molecule has 0 radical (unpaired) electrons. The molecule has 4 nitrogen and oxygen atoms in total. The van der Waals surface area contributed by atoms with E-state index < -0.39 is 9.84 Å². The van der Waals surface area contributed by atoms with Crippen LogP contribution in [0.1, 0.15) is 33.1 Å². The van der Waals surface area contributed by atoms with Gasteiger partial charge in [0.1, 0.15) is 0 Å². The molecule has 0 aromatic carbocycles. The number of hydrogen-bond donors (Lipinski definition) is 0. The van der Waals surface area contributed by atoms with Gasteiger partial charge in [-0.15, -0.1) is 0 Å². The minimum absolute atomic E-state index is 0.0508. The van der Waals surface area contributed by atoms with Crippen LogP contribution in [0.4, 0.5) is 0 Å². The topological polar surface area (TPSA) is 52.6 Å². The molecule has 0 bridgehead atoms.